The van der Waals surface area contributed by atoms with Crippen LogP contribution in [0.15, 0.2) is 0 Å². The van der Waals surface area contributed by atoms with Crippen LogP contribution in [0, 0.1) is 0 Å². The van der Waals surface area contributed by atoms with E-state index >= 15 is 0 Å². The second kappa shape index (κ2) is 32.8. The minimum atomic E-state index is -5.10. The van der Waals surface area contributed by atoms with E-state index in [-0.39, 0.29) is 12.8 Å². The highest BCUT2D eigenvalue weighted by Gasteiger charge is 2.51. The van der Waals surface area contributed by atoms with Crippen LogP contribution in [0.5, 0.6) is 0 Å². The minimum Gasteiger partial charge on any atom is -0.462 e. The summed E-state index contributed by atoms with van der Waals surface area (Å²) < 4.78 is 33.4. The number of phosphoric ester groups is 1. The highest BCUT2D eigenvalue weighted by atomic mass is 31.2. The van der Waals surface area contributed by atoms with Crippen LogP contribution >= 0.6 is 7.82 Å². The Morgan fingerprint density at radius 3 is 1.20 bits per heavy atom. The van der Waals surface area contributed by atoms with Crippen LogP contribution in [0.1, 0.15) is 194 Å². The second-order valence-electron chi connectivity index (χ2n) is 15.6. The van der Waals surface area contributed by atoms with Gasteiger partial charge in [0.2, 0.25) is 0 Å². The molecule has 13 nitrogen and oxygen atoms in total. The lowest BCUT2D eigenvalue weighted by Gasteiger charge is -2.41. The summed E-state index contributed by atoms with van der Waals surface area (Å²) in [6.45, 7) is 3.27. The molecular formula is C41H79O13P. The first-order valence-electron chi connectivity index (χ1n) is 21.8. The Bertz CT molecular complexity index is 985. The maximum absolute atomic E-state index is 12.8. The van der Waals surface area contributed by atoms with E-state index in [1.54, 1.807) is 0 Å². The molecule has 326 valence electrons. The topological polar surface area (TPSA) is 210 Å². The molecule has 0 aromatic heterocycles. The molecule has 0 aliphatic heterocycles. The van der Waals surface area contributed by atoms with Crippen LogP contribution in [0.4, 0.5) is 0 Å². The lowest BCUT2D eigenvalue weighted by molar-refractivity contribution is -0.220. The summed E-state index contributed by atoms with van der Waals surface area (Å²) >= 11 is 0. The van der Waals surface area contributed by atoms with Crippen molar-refractivity contribution in [1.82, 2.24) is 0 Å². The smallest absolute Gasteiger partial charge is 0.462 e. The number of hydrogen-bond donors (Lipinski definition) is 6. The average molecular weight is 811 g/mol. The number of carbonyl (C=O) groups excluding carboxylic acids is 2. The first-order valence-corrected chi connectivity index (χ1v) is 23.3. The number of aliphatic hydroxyl groups excluding tert-OH is 5. The summed E-state index contributed by atoms with van der Waals surface area (Å²) in [5.74, 6) is -1.09. The molecule has 14 heteroatoms. The molecule has 55 heavy (non-hydrogen) atoms. The van der Waals surface area contributed by atoms with Gasteiger partial charge in [0, 0.05) is 12.8 Å². The van der Waals surface area contributed by atoms with E-state index in [0.717, 1.165) is 44.9 Å². The van der Waals surface area contributed by atoms with E-state index < -0.39 is 75.7 Å². The molecule has 8 atom stereocenters. The third-order valence-corrected chi connectivity index (χ3v) is 11.4. The molecule has 0 spiro atoms. The normalized spacial score (nSPS) is 23.0. The average Bonchev–Trinajstić information content (AvgIpc) is 3.16. The lowest BCUT2D eigenvalue weighted by atomic mass is 9.85. The number of ether oxygens (including phenoxy) is 2. The fourth-order valence-corrected chi connectivity index (χ4v) is 7.85. The van der Waals surface area contributed by atoms with Gasteiger partial charge in [-0.2, -0.15) is 0 Å². The van der Waals surface area contributed by atoms with Crippen molar-refractivity contribution in [3.05, 3.63) is 0 Å². The zero-order valence-electron chi connectivity index (χ0n) is 34.2. The number of unbranched alkanes of at least 4 members (excludes halogenated alkanes) is 24. The maximum atomic E-state index is 12.8. The van der Waals surface area contributed by atoms with Gasteiger partial charge in [-0.1, -0.05) is 168 Å². The van der Waals surface area contributed by atoms with Gasteiger partial charge in [0.15, 0.2) is 6.10 Å². The van der Waals surface area contributed by atoms with E-state index in [2.05, 4.69) is 13.8 Å². The Morgan fingerprint density at radius 1 is 0.491 bits per heavy atom. The van der Waals surface area contributed by atoms with Gasteiger partial charge < -0.3 is 39.9 Å². The van der Waals surface area contributed by atoms with Crippen molar-refractivity contribution in [2.45, 2.75) is 236 Å². The molecule has 6 unspecified atom stereocenters. The highest BCUT2D eigenvalue weighted by molar-refractivity contribution is 7.47. The second-order valence-corrected chi connectivity index (χ2v) is 17.0. The van der Waals surface area contributed by atoms with Gasteiger partial charge in [0.1, 0.15) is 43.2 Å². The van der Waals surface area contributed by atoms with Gasteiger partial charge in [-0.15, -0.1) is 0 Å². The summed E-state index contributed by atoms with van der Waals surface area (Å²) in [4.78, 5) is 35.5. The molecule has 1 fully saturated rings. The van der Waals surface area contributed by atoms with Crippen LogP contribution in [0.25, 0.3) is 0 Å². The predicted molar refractivity (Wildman–Crippen MR) is 212 cm³/mol. The Labute approximate surface area is 331 Å². The summed E-state index contributed by atoms with van der Waals surface area (Å²) in [6.07, 6.45) is 17.5. The minimum absolute atomic E-state index is 0.103. The van der Waals surface area contributed by atoms with Crippen molar-refractivity contribution in [1.29, 1.82) is 0 Å². The molecule has 0 bridgehead atoms. The van der Waals surface area contributed by atoms with E-state index in [1.165, 1.54) is 109 Å². The van der Waals surface area contributed by atoms with Crippen molar-refractivity contribution in [2.75, 3.05) is 13.2 Å². The van der Waals surface area contributed by atoms with Gasteiger partial charge in [0.05, 0.1) is 6.61 Å². The summed E-state index contributed by atoms with van der Waals surface area (Å²) in [7, 11) is -5.10. The van der Waals surface area contributed by atoms with Crippen molar-refractivity contribution in [2.24, 2.45) is 0 Å². The first kappa shape index (κ1) is 51.9. The van der Waals surface area contributed by atoms with Crippen molar-refractivity contribution >= 4 is 19.8 Å². The van der Waals surface area contributed by atoms with Gasteiger partial charge in [-0.05, 0) is 12.8 Å². The number of aliphatic hydroxyl groups is 5. The van der Waals surface area contributed by atoms with Crippen molar-refractivity contribution < 1.29 is 63.1 Å². The molecule has 0 saturated heterocycles. The van der Waals surface area contributed by atoms with Crippen LogP contribution in [0.2, 0.25) is 0 Å². The van der Waals surface area contributed by atoms with Crippen LogP contribution in [-0.2, 0) is 32.7 Å². The molecule has 0 radical (unpaired) electrons. The predicted octanol–water partition coefficient (Wildman–Crippen LogP) is 7.72. The number of carbonyl (C=O) groups is 2. The number of hydrogen-bond acceptors (Lipinski definition) is 12. The lowest BCUT2D eigenvalue weighted by Crippen LogP contribution is -2.64. The zero-order chi connectivity index (χ0) is 40.7. The molecule has 0 aromatic rings. The molecule has 0 aromatic carbocycles. The Kier molecular flexibility index (Phi) is 30.9. The Balaban J connectivity index is 2.42. The number of phosphoric acid groups is 1. The van der Waals surface area contributed by atoms with E-state index in [4.69, 9.17) is 18.5 Å². The third kappa shape index (κ3) is 25.7. The fourth-order valence-electron chi connectivity index (χ4n) is 6.88. The maximum Gasteiger partial charge on any atom is 0.472 e. The molecule has 0 amide bonds. The van der Waals surface area contributed by atoms with Crippen LogP contribution in [0.3, 0.4) is 0 Å². The zero-order valence-corrected chi connectivity index (χ0v) is 35.1. The summed E-state index contributed by atoms with van der Waals surface area (Å²) in [5.41, 5.74) is 0. The Morgan fingerprint density at radius 2 is 0.818 bits per heavy atom. The fraction of sp³-hybridized carbons (Fsp3) is 0.951. The van der Waals surface area contributed by atoms with Crippen LogP contribution < -0.4 is 0 Å². The third-order valence-electron chi connectivity index (χ3n) is 10.4. The monoisotopic (exact) mass is 811 g/mol. The van der Waals surface area contributed by atoms with Crippen molar-refractivity contribution in [3.8, 4) is 0 Å². The summed E-state index contributed by atoms with van der Waals surface area (Å²) in [5, 5.41) is 50.0. The van der Waals surface area contributed by atoms with Crippen molar-refractivity contribution in [3.63, 3.8) is 0 Å². The molecule has 1 aliphatic rings. The number of esters is 2. The summed E-state index contributed by atoms with van der Waals surface area (Å²) in [6, 6.07) is 0. The quantitative estimate of drug-likeness (QED) is 0.0204. The highest BCUT2D eigenvalue weighted by Crippen LogP contribution is 2.47. The van der Waals surface area contributed by atoms with Gasteiger partial charge in [0.25, 0.3) is 0 Å². The van der Waals surface area contributed by atoms with Gasteiger partial charge in [-0.25, -0.2) is 4.57 Å². The first-order chi connectivity index (χ1) is 26.4. The molecular weight excluding hydrogens is 731 g/mol. The molecule has 1 rings (SSSR count). The molecule has 6 N–H and O–H groups in total. The van der Waals surface area contributed by atoms with Gasteiger partial charge >= 0.3 is 19.8 Å². The molecule has 1 saturated carbocycles. The number of rotatable bonds is 36. The molecule has 1 aliphatic carbocycles. The van der Waals surface area contributed by atoms with E-state index in [1.807, 2.05) is 0 Å². The Hall–Kier alpha value is -1.15. The standard InChI is InChI=1S/C41H79O13P/c1-3-5-7-9-11-13-14-15-16-17-18-19-20-22-23-25-27-29-34(42)51-31-33(53-35(43)30-28-26-24-21-12-10-8-6-4-2)32-52-55(49,50)54-41-39(47)37(45)36(44)38(46)40(41)48/h33,36-41,44-48H,3-32H2,1-2H3,(H,49,50)/t33-,36?,37-,38?,39?,40?,41?/m0/s1. The van der Waals surface area contributed by atoms with E-state index in [0.29, 0.717) is 12.8 Å². The molecule has 0 heterocycles. The largest absolute Gasteiger partial charge is 0.472 e. The van der Waals surface area contributed by atoms with Crippen LogP contribution in [-0.4, -0.2) is 98.3 Å². The van der Waals surface area contributed by atoms with E-state index in [9.17, 15) is 44.6 Å². The SMILES string of the molecule is CCCCCCCCCCCCCCCCCCCC(=O)OC[C@@H](COP(=O)(O)OC1C(O)C(O)C(O)[C@H](O)C1O)OC(=O)CCCCCCCCCCC. The van der Waals surface area contributed by atoms with Gasteiger partial charge in [-0.3, -0.25) is 18.6 Å².